The zero-order chi connectivity index (χ0) is 13.0. The Morgan fingerprint density at radius 3 is 1.39 bits per heavy atom. The van der Waals surface area contributed by atoms with Gasteiger partial charge in [-0.05, 0) is 38.1 Å². The molecule has 3 nitrogen and oxygen atoms in total. The minimum atomic E-state index is -2.20. The van der Waals surface area contributed by atoms with E-state index in [2.05, 4.69) is 0 Å². The fourth-order valence-electron chi connectivity index (χ4n) is 1.39. The van der Waals surface area contributed by atoms with Crippen molar-refractivity contribution in [3.8, 4) is 11.5 Å². The highest BCUT2D eigenvalue weighted by Crippen LogP contribution is 2.30. The molecule has 0 radical (unpaired) electrons. The van der Waals surface area contributed by atoms with E-state index < -0.39 is 8.25 Å². The second-order valence-corrected chi connectivity index (χ2v) is 4.84. The quantitative estimate of drug-likeness (QED) is 0.764. The van der Waals surface area contributed by atoms with Crippen molar-refractivity contribution in [1.82, 2.24) is 0 Å². The molecule has 0 saturated carbocycles. The molecular weight excluding hydrogens is 247 g/mol. The van der Waals surface area contributed by atoms with Crippen LogP contribution in [0.5, 0.6) is 11.5 Å². The third-order valence-electron chi connectivity index (χ3n) is 2.40. The van der Waals surface area contributed by atoms with Gasteiger partial charge < -0.3 is 0 Å². The predicted molar refractivity (Wildman–Crippen MR) is 71.2 cm³/mol. The van der Waals surface area contributed by atoms with Crippen molar-refractivity contribution in [2.75, 3.05) is 0 Å². The summed E-state index contributed by atoms with van der Waals surface area (Å²) >= 11 is 0. The van der Waals surface area contributed by atoms with E-state index in [-0.39, 0.29) is 0 Å². The van der Waals surface area contributed by atoms with E-state index in [1.54, 1.807) is 24.3 Å². The maximum absolute atomic E-state index is 11.7. The van der Waals surface area contributed by atoms with E-state index in [0.717, 1.165) is 11.1 Å². The smallest absolute Gasteiger partial charge is 0.222 e. The van der Waals surface area contributed by atoms with Gasteiger partial charge in [-0.1, -0.05) is 35.4 Å². The van der Waals surface area contributed by atoms with Crippen LogP contribution in [0.2, 0.25) is 0 Å². The summed E-state index contributed by atoms with van der Waals surface area (Å²) in [7, 11) is -2.20. The van der Waals surface area contributed by atoms with Crippen molar-refractivity contribution in [1.29, 1.82) is 0 Å². The molecule has 2 aromatic carbocycles. The van der Waals surface area contributed by atoms with E-state index in [1.165, 1.54) is 0 Å². The van der Waals surface area contributed by atoms with Crippen LogP contribution >= 0.6 is 8.25 Å². The lowest BCUT2D eigenvalue weighted by atomic mass is 10.2. The monoisotopic (exact) mass is 261 g/mol. The van der Waals surface area contributed by atoms with Gasteiger partial charge in [0.25, 0.3) is 0 Å². The molecule has 0 aliphatic rings. The molecule has 0 spiro atoms. The second kappa shape index (κ2) is 5.65. The van der Waals surface area contributed by atoms with Crippen LogP contribution in [-0.2, 0) is 4.57 Å². The van der Waals surface area contributed by atoms with Gasteiger partial charge in [-0.15, -0.1) is 0 Å². The number of rotatable bonds is 4. The summed E-state index contributed by atoms with van der Waals surface area (Å²) in [6.07, 6.45) is 0. The Kier molecular flexibility index (Phi) is 3.96. The fourth-order valence-corrected chi connectivity index (χ4v) is 2.01. The van der Waals surface area contributed by atoms with Gasteiger partial charge in [0.15, 0.2) is 11.5 Å². The zero-order valence-electron chi connectivity index (χ0n) is 10.3. The third-order valence-corrected chi connectivity index (χ3v) is 3.12. The Labute approximate surface area is 107 Å². The molecule has 0 aliphatic carbocycles. The Hall–Kier alpha value is -1.86. The molecule has 0 fully saturated rings. The van der Waals surface area contributed by atoms with Crippen LogP contribution in [-0.4, -0.2) is 0 Å². The molecule has 4 heteroatoms. The highest BCUT2D eigenvalue weighted by atomic mass is 31.1. The first-order chi connectivity index (χ1) is 8.63. The fraction of sp³-hybridized carbons (Fsp3) is 0.143. The molecule has 92 valence electrons. The first-order valence-corrected chi connectivity index (χ1v) is 6.69. The summed E-state index contributed by atoms with van der Waals surface area (Å²) in [6, 6.07) is 14.6. The summed E-state index contributed by atoms with van der Waals surface area (Å²) < 4.78 is 22.0. The molecule has 0 aliphatic heterocycles. The average molecular weight is 261 g/mol. The Bertz CT molecular complexity index is 482. The normalized spacial score (nSPS) is 9.89. The van der Waals surface area contributed by atoms with Crippen molar-refractivity contribution in [2.45, 2.75) is 13.8 Å². The lowest BCUT2D eigenvalue weighted by Gasteiger charge is -1.96. The van der Waals surface area contributed by atoms with Gasteiger partial charge in [0.2, 0.25) is 0 Å². The summed E-state index contributed by atoms with van der Waals surface area (Å²) in [5, 5.41) is 0. The van der Waals surface area contributed by atoms with Gasteiger partial charge in [-0.25, -0.2) is 9.05 Å². The number of aryl methyl sites for hydroxylation is 2. The molecule has 2 rings (SSSR count). The zero-order valence-corrected chi connectivity index (χ0v) is 11.2. The lowest BCUT2D eigenvalue weighted by Crippen LogP contribution is -1.89. The standard InChI is InChI=1S/C14H14O3P/c1-11-3-7-13(8-4-11)16-18(15)17-14-9-5-12(2)6-10-14/h3-10H,1-2H3/q+1. The summed E-state index contributed by atoms with van der Waals surface area (Å²) in [5.41, 5.74) is 2.24. The van der Waals surface area contributed by atoms with Crippen LogP contribution in [0.4, 0.5) is 0 Å². The molecule has 0 atom stereocenters. The van der Waals surface area contributed by atoms with Crippen LogP contribution in [0.15, 0.2) is 48.5 Å². The second-order valence-electron chi connectivity index (χ2n) is 4.03. The van der Waals surface area contributed by atoms with E-state index in [4.69, 9.17) is 9.05 Å². The van der Waals surface area contributed by atoms with Crippen LogP contribution < -0.4 is 9.05 Å². The van der Waals surface area contributed by atoms with Crippen molar-refractivity contribution in [3.63, 3.8) is 0 Å². The summed E-state index contributed by atoms with van der Waals surface area (Å²) in [6.45, 7) is 3.96. The highest BCUT2D eigenvalue weighted by molar-refractivity contribution is 7.34. The third kappa shape index (κ3) is 3.57. The molecule has 0 unspecified atom stereocenters. The van der Waals surface area contributed by atoms with Gasteiger partial charge in [-0.2, -0.15) is 0 Å². The van der Waals surface area contributed by atoms with E-state index in [0.29, 0.717) is 11.5 Å². The van der Waals surface area contributed by atoms with E-state index >= 15 is 0 Å². The van der Waals surface area contributed by atoms with Gasteiger partial charge >= 0.3 is 8.25 Å². The highest BCUT2D eigenvalue weighted by Gasteiger charge is 2.23. The minimum Gasteiger partial charge on any atom is -0.222 e. The molecule has 0 amide bonds. The van der Waals surface area contributed by atoms with Crippen molar-refractivity contribution in [3.05, 3.63) is 59.7 Å². The predicted octanol–water partition coefficient (Wildman–Crippen LogP) is 4.42. The first-order valence-electron chi connectivity index (χ1n) is 5.60. The maximum Gasteiger partial charge on any atom is 0.805 e. The van der Waals surface area contributed by atoms with E-state index in [1.807, 2.05) is 38.1 Å². The van der Waals surface area contributed by atoms with Crippen LogP contribution in [0.3, 0.4) is 0 Å². The van der Waals surface area contributed by atoms with Crippen LogP contribution in [0, 0.1) is 13.8 Å². The van der Waals surface area contributed by atoms with Crippen molar-refractivity contribution >= 4 is 8.25 Å². The van der Waals surface area contributed by atoms with Gasteiger partial charge in [-0.3, -0.25) is 0 Å². The Morgan fingerprint density at radius 1 is 0.722 bits per heavy atom. The number of hydrogen-bond acceptors (Lipinski definition) is 3. The molecule has 0 bridgehead atoms. The van der Waals surface area contributed by atoms with E-state index in [9.17, 15) is 4.57 Å². The molecule has 0 saturated heterocycles. The maximum atomic E-state index is 11.7. The topological polar surface area (TPSA) is 35.5 Å². The summed E-state index contributed by atoms with van der Waals surface area (Å²) in [4.78, 5) is 0. The van der Waals surface area contributed by atoms with Crippen LogP contribution in [0.25, 0.3) is 0 Å². The minimum absolute atomic E-state index is 0.536. The molecule has 0 heterocycles. The number of benzene rings is 2. The van der Waals surface area contributed by atoms with Gasteiger partial charge in [0.05, 0.1) is 0 Å². The van der Waals surface area contributed by atoms with Crippen molar-refractivity contribution in [2.24, 2.45) is 0 Å². The lowest BCUT2D eigenvalue weighted by molar-refractivity contribution is 0.415. The van der Waals surface area contributed by atoms with Gasteiger partial charge in [0.1, 0.15) is 0 Å². The SMILES string of the molecule is Cc1ccc(O[P+](=O)Oc2ccc(C)cc2)cc1. The Balaban J connectivity index is 1.96. The molecule has 0 N–H and O–H groups in total. The molecular formula is C14H14O3P+. The van der Waals surface area contributed by atoms with Crippen LogP contribution in [0.1, 0.15) is 11.1 Å². The summed E-state index contributed by atoms with van der Waals surface area (Å²) in [5.74, 6) is 1.07. The van der Waals surface area contributed by atoms with Crippen molar-refractivity contribution < 1.29 is 13.6 Å². The number of hydrogen-bond donors (Lipinski definition) is 0. The first kappa shape index (κ1) is 12.6. The van der Waals surface area contributed by atoms with Gasteiger partial charge in [0, 0.05) is 4.57 Å². The molecule has 18 heavy (non-hydrogen) atoms. The average Bonchev–Trinajstić information content (AvgIpc) is 2.35. The Morgan fingerprint density at radius 2 is 1.06 bits per heavy atom. The largest absolute Gasteiger partial charge is 0.805 e. The molecule has 2 aromatic rings. The molecule has 0 aromatic heterocycles.